The largest absolute Gasteiger partial charge is 0.455 e. The number of nitrogens with two attached hydrogens (primary N) is 1. The summed E-state index contributed by atoms with van der Waals surface area (Å²) in [6.45, 7) is 0. The van der Waals surface area contributed by atoms with E-state index >= 15 is 0 Å². The van der Waals surface area contributed by atoms with Gasteiger partial charge in [-0.25, -0.2) is 0 Å². The zero-order valence-electron chi connectivity index (χ0n) is 10.3. The van der Waals surface area contributed by atoms with Crippen molar-refractivity contribution in [2.75, 3.05) is 5.73 Å². The first-order chi connectivity index (χ1) is 9.65. The van der Waals surface area contributed by atoms with Gasteiger partial charge in [-0.2, -0.15) is 0 Å². The highest BCUT2D eigenvalue weighted by molar-refractivity contribution is 6.42. The van der Waals surface area contributed by atoms with E-state index in [1.807, 2.05) is 18.2 Å². The molecule has 0 radical (unpaired) electrons. The first kappa shape index (κ1) is 13.0. The number of nitrogens with zero attached hydrogens (tertiary/aromatic N) is 1. The van der Waals surface area contributed by atoms with Gasteiger partial charge < -0.3 is 10.5 Å². The van der Waals surface area contributed by atoms with E-state index in [0.29, 0.717) is 27.2 Å². The summed E-state index contributed by atoms with van der Waals surface area (Å²) >= 11 is 11.8. The van der Waals surface area contributed by atoms with Crippen molar-refractivity contribution < 1.29 is 4.74 Å². The molecule has 0 saturated heterocycles. The maximum absolute atomic E-state index is 6.12. The number of ether oxygens (including phenoxy) is 1. The van der Waals surface area contributed by atoms with Crippen LogP contribution in [-0.2, 0) is 0 Å². The number of halogens is 2. The minimum Gasteiger partial charge on any atom is -0.455 e. The van der Waals surface area contributed by atoms with E-state index in [2.05, 4.69) is 4.98 Å². The highest BCUT2D eigenvalue weighted by atomic mass is 35.5. The minimum absolute atomic E-state index is 0.438. The molecule has 3 rings (SSSR count). The van der Waals surface area contributed by atoms with Crippen LogP contribution in [0.25, 0.3) is 10.8 Å². The number of hydrogen-bond acceptors (Lipinski definition) is 3. The third-order valence-electron chi connectivity index (χ3n) is 2.94. The molecule has 0 amide bonds. The van der Waals surface area contributed by atoms with Crippen LogP contribution in [0.2, 0.25) is 10.0 Å². The monoisotopic (exact) mass is 304 g/mol. The molecule has 0 spiro atoms. The molecule has 1 aromatic heterocycles. The molecule has 0 aliphatic rings. The maximum atomic E-state index is 6.12. The number of anilines is 1. The maximum Gasteiger partial charge on any atom is 0.150 e. The lowest BCUT2D eigenvalue weighted by molar-refractivity contribution is 0.486. The van der Waals surface area contributed by atoms with E-state index < -0.39 is 0 Å². The fourth-order valence-electron chi connectivity index (χ4n) is 1.93. The van der Waals surface area contributed by atoms with Gasteiger partial charge in [0, 0.05) is 29.2 Å². The van der Waals surface area contributed by atoms with Gasteiger partial charge in [0.2, 0.25) is 0 Å². The van der Waals surface area contributed by atoms with E-state index in [1.54, 1.807) is 30.6 Å². The summed E-state index contributed by atoms with van der Waals surface area (Å²) in [4.78, 5) is 4.06. The lowest BCUT2D eigenvalue weighted by Crippen LogP contribution is -1.93. The van der Waals surface area contributed by atoms with Gasteiger partial charge in [-0.05, 0) is 30.3 Å². The second-order valence-electron chi connectivity index (χ2n) is 4.25. The standard InChI is InChI=1S/C15H10Cl2N2O/c16-12-3-2-10(7-13(12)17)20-14-4-1-9-8-19-6-5-11(9)15(14)18/h1-8H,18H2. The molecule has 20 heavy (non-hydrogen) atoms. The van der Waals surface area contributed by atoms with Crippen LogP contribution in [0.4, 0.5) is 5.69 Å². The zero-order chi connectivity index (χ0) is 14.1. The Bertz CT molecular complexity index is 790. The first-order valence-corrected chi connectivity index (χ1v) is 6.66. The fraction of sp³-hybridized carbons (Fsp3) is 0. The van der Waals surface area contributed by atoms with E-state index in [9.17, 15) is 0 Å². The first-order valence-electron chi connectivity index (χ1n) is 5.90. The molecule has 2 N–H and O–H groups in total. The third-order valence-corrected chi connectivity index (χ3v) is 3.68. The molecule has 0 atom stereocenters. The summed E-state index contributed by atoms with van der Waals surface area (Å²) in [6, 6.07) is 10.6. The Kier molecular flexibility index (Phi) is 3.38. The second kappa shape index (κ2) is 5.19. The number of hydrogen-bond donors (Lipinski definition) is 1. The number of fused-ring (bicyclic) bond motifs is 1. The fourth-order valence-corrected chi connectivity index (χ4v) is 2.22. The molecular formula is C15H10Cl2N2O. The summed E-state index contributed by atoms with van der Waals surface area (Å²) < 4.78 is 5.76. The van der Waals surface area contributed by atoms with Crippen molar-refractivity contribution in [1.29, 1.82) is 0 Å². The summed E-state index contributed by atoms with van der Waals surface area (Å²) in [6.07, 6.45) is 3.45. The molecular weight excluding hydrogens is 295 g/mol. The van der Waals surface area contributed by atoms with Crippen molar-refractivity contribution in [3.05, 3.63) is 58.8 Å². The minimum atomic E-state index is 0.438. The van der Waals surface area contributed by atoms with E-state index in [1.165, 1.54) is 0 Å². The van der Waals surface area contributed by atoms with Crippen LogP contribution in [0.3, 0.4) is 0 Å². The van der Waals surface area contributed by atoms with Gasteiger partial charge in [-0.15, -0.1) is 0 Å². The van der Waals surface area contributed by atoms with E-state index in [-0.39, 0.29) is 0 Å². The molecule has 3 nitrogen and oxygen atoms in total. The van der Waals surface area contributed by atoms with Crippen molar-refractivity contribution in [1.82, 2.24) is 4.98 Å². The highest BCUT2D eigenvalue weighted by Gasteiger charge is 2.08. The van der Waals surface area contributed by atoms with Crippen LogP contribution in [-0.4, -0.2) is 4.98 Å². The Labute approximate surface area is 125 Å². The number of nitrogen functional groups attached to an aromatic ring is 1. The van der Waals surface area contributed by atoms with Gasteiger partial charge in [0.15, 0.2) is 5.75 Å². The Morgan fingerprint density at radius 1 is 1.00 bits per heavy atom. The summed E-state index contributed by atoms with van der Waals surface area (Å²) in [5.74, 6) is 1.15. The van der Waals surface area contributed by atoms with E-state index in [4.69, 9.17) is 33.7 Å². The normalized spacial score (nSPS) is 10.7. The molecule has 2 aromatic carbocycles. The van der Waals surface area contributed by atoms with Crippen molar-refractivity contribution in [3.8, 4) is 11.5 Å². The molecule has 0 unspecified atom stereocenters. The lowest BCUT2D eigenvalue weighted by Gasteiger charge is -2.11. The Morgan fingerprint density at radius 3 is 2.65 bits per heavy atom. The van der Waals surface area contributed by atoms with Crippen molar-refractivity contribution in [2.24, 2.45) is 0 Å². The van der Waals surface area contributed by atoms with Crippen LogP contribution in [0.1, 0.15) is 0 Å². The molecule has 5 heteroatoms. The Balaban J connectivity index is 2.02. The zero-order valence-corrected chi connectivity index (χ0v) is 11.8. The quantitative estimate of drug-likeness (QED) is 0.684. The van der Waals surface area contributed by atoms with Crippen LogP contribution >= 0.6 is 23.2 Å². The highest BCUT2D eigenvalue weighted by Crippen LogP contribution is 2.35. The van der Waals surface area contributed by atoms with Gasteiger partial charge in [0.1, 0.15) is 5.75 Å². The lowest BCUT2D eigenvalue weighted by atomic mass is 10.1. The molecule has 0 bridgehead atoms. The van der Waals surface area contributed by atoms with Crippen molar-refractivity contribution in [3.63, 3.8) is 0 Å². The van der Waals surface area contributed by atoms with Crippen LogP contribution in [0, 0.1) is 0 Å². The second-order valence-corrected chi connectivity index (χ2v) is 5.07. The van der Waals surface area contributed by atoms with Gasteiger partial charge in [0.05, 0.1) is 15.7 Å². The van der Waals surface area contributed by atoms with Crippen molar-refractivity contribution in [2.45, 2.75) is 0 Å². The SMILES string of the molecule is Nc1c(Oc2ccc(Cl)c(Cl)c2)ccc2cnccc12. The number of pyridine rings is 1. The Hall–Kier alpha value is -1.97. The summed E-state index contributed by atoms with van der Waals surface area (Å²) in [7, 11) is 0. The summed E-state index contributed by atoms with van der Waals surface area (Å²) in [5, 5.41) is 2.79. The number of benzene rings is 2. The predicted molar refractivity (Wildman–Crippen MR) is 82.7 cm³/mol. The van der Waals surface area contributed by atoms with Gasteiger partial charge in [-0.1, -0.05) is 23.2 Å². The number of aromatic nitrogens is 1. The van der Waals surface area contributed by atoms with Crippen LogP contribution in [0.15, 0.2) is 48.8 Å². The molecule has 100 valence electrons. The smallest absolute Gasteiger partial charge is 0.150 e. The number of rotatable bonds is 2. The van der Waals surface area contributed by atoms with Gasteiger partial charge >= 0.3 is 0 Å². The van der Waals surface area contributed by atoms with Gasteiger partial charge in [-0.3, -0.25) is 4.98 Å². The molecule has 0 aliphatic carbocycles. The molecule has 0 aliphatic heterocycles. The predicted octanol–water partition coefficient (Wildman–Crippen LogP) is 4.92. The van der Waals surface area contributed by atoms with Gasteiger partial charge in [0.25, 0.3) is 0 Å². The average molecular weight is 305 g/mol. The Morgan fingerprint density at radius 2 is 1.85 bits per heavy atom. The molecule has 3 aromatic rings. The van der Waals surface area contributed by atoms with E-state index in [0.717, 1.165) is 10.8 Å². The van der Waals surface area contributed by atoms with Crippen molar-refractivity contribution >= 4 is 39.7 Å². The summed E-state index contributed by atoms with van der Waals surface area (Å²) in [5.41, 5.74) is 6.69. The molecule has 1 heterocycles. The average Bonchev–Trinajstić information content (AvgIpc) is 2.46. The van der Waals surface area contributed by atoms with Crippen LogP contribution < -0.4 is 10.5 Å². The van der Waals surface area contributed by atoms with Crippen LogP contribution in [0.5, 0.6) is 11.5 Å². The topological polar surface area (TPSA) is 48.1 Å². The molecule has 0 fully saturated rings. The third kappa shape index (κ3) is 2.38. The molecule has 0 saturated carbocycles.